The van der Waals surface area contributed by atoms with E-state index >= 15 is 0 Å². The molecule has 0 nitrogen and oxygen atoms in total. The minimum atomic E-state index is 0. The zero-order chi connectivity index (χ0) is 16.8. The molecular weight excluding hydrogens is 276 g/mol. The van der Waals surface area contributed by atoms with Crippen molar-refractivity contribution >= 4 is 0 Å². The van der Waals surface area contributed by atoms with Crippen molar-refractivity contribution < 1.29 is 0 Å². The van der Waals surface area contributed by atoms with Crippen LogP contribution >= 0.6 is 0 Å². The van der Waals surface area contributed by atoms with E-state index in [1.807, 2.05) is 48.5 Å². The number of allylic oxidation sites excluding steroid dienone is 3. The Morgan fingerprint density at radius 3 is 1.43 bits per heavy atom. The molecule has 0 amide bonds. The quantitative estimate of drug-likeness (QED) is 0.451. The van der Waals surface area contributed by atoms with Crippen LogP contribution in [0.5, 0.6) is 0 Å². The molecule has 1 fully saturated rings. The highest BCUT2D eigenvalue weighted by Crippen LogP contribution is 2.29. The molecule has 1 aliphatic rings. The van der Waals surface area contributed by atoms with Crippen molar-refractivity contribution in [2.45, 2.75) is 123 Å². The van der Waals surface area contributed by atoms with E-state index in [1.165, 1.54) is 38.5 Å². The number of hydrogen-bond acceptors (Lipinski definition) is 0. The molecule has 0 unspecified atom stereocenters. The number of hydrogen-bond donors (Lipinski definition) is 0. The first-order valence-electron chi connectivity index (χ1n) is 8.93. The molecule has 0 aromatic rings. The first kappa shape index (κ1) is 43.3. The van der Waals surface area contributed by atoms with E-state index in [0.29, 0.717) is 0 Å². The summed E-state index contributed by atoms with van der Waals surface area (Å²) in [5.41, 5.74) is 1.57. The summed E-state index contributed by atoms with van der Waals surface area (Å²) in [7, 11) is 0. The van der Waals surface area contributed by atoms with Crippen LogP contribution in [-0.2, 0) is 0 Å². The van der Waals surface area contributed by atoms with Gasteiger partial charge in [-0.3, -0.25) is 0 Å². The van der Waals surface area contributed by atoms with Crippen LogP contribution in [0.25, 0.3) is 0 Å². The second-order valence-electron chi connectivity index (χ2n) is 4.23. The largest absolute Gasteiger partial charge is 0.103 e. The van der Waals surface area contributed by atoms with Gasteiger partial charge >= 0.3 is 0 Å². The van der Waals surface area contributed by atoms with E-state index in [9.17, 15) is 0 Å². The Morgan fingerprint density at radius 2 is 1.17 bits per heavy atom. The van der Waals surface area contributed by atoms with Crippen LogP contribution in [0.4, 0.5) is 0 Å². The van der Waals surface area contributed by atoms with Crippen molar-refractivity contribution in [3.8, 4) is 0 Å². The van der Waals surface area contributed by atoms with Crippen LogP contribution in [0, 0.1) is 5.92 Å². The molecule has 1 aliphatic carbocycles. The van der Waals surface area contributed by atoms with Crippen molar-refractivity contribution in [1.82, 2.24) is 0 Å². The third-order valence-corrected chi connectivity index (χ3v) is 2.91. The van der Waals surface area contributed by atoms with Crippen LogP contribution < -0.4 is 0 Å². The first-order valence-corrected chi connectivity index (χ1v) is 8.93. The van der Waals surface area contributed by atoms with Crippen molar-refractivity contribution in [2.24, 2.45) is 5.92 Å². The van der Waals surface area contributed by atoms with Crippen molar-refractivity contribution in [3.05, 3.63) is 24.3 Å². The summed E-state index contributed by atoms with van der Waals surface area (Å²) in [6, 6.07) is 0. The molecule has 0 bridgehead atoms. The van der Waals surface area contributed by atoms with Gasteiger partial charge in [0.15, 0.2) is 0 Å². The Morgan fingerprint density at radius 1 is 0.870 bits per heavy atom. The summed E-state index contributed by atoms with van der Waals surface area (Å²) in [4.78, 5) is 0. The molecule has 0 saturated heterocycles. The van der Waals surface area contributed by atoms with E-state index in [4.69, 9.17) is 0 Å². The molecule has 1 rings (SSSR count). The minimum Gasteiger partial charge on any atom is -0.103 e. The molecule has 1 saturated carbocycles. The Kier molecular flexibility index (Phi) is 93.3. The van der Waals surface area contributed by atoms with Crippen LogP contribution in [0.15, 0.2) is 24.3 Å². The van der Waals surface area contributed by atoms with E-state index in [0.717, 1.165) is 5.92 Å². The fourth-order valence-corrected chi connectivity index (χ4v) is 1.88. The van der Waals surface area contributed by atoms with Crippen molar-refractivity contribution in [1.29, 1.82) is 0 Å². The maximum Gasteiger partial charge on any atom is -0.0321 e. The fraction of sp³-hybridized carbons (Fsp3) is 0.826. The summed E-state index contributed by atoms with van der Waals surface area (Å²) in [5.74, 6) is 1.06. The molecule has 0 atom stereocenters. The lowest BCUT2D eigenvalue weighted by Crippen LogP contribution is -1.92. The van der Waals surface area contributed by atoms with Gasteiger partial charge in [-0.1, -0.05) is 107 Å². The van der Waals surface area contributed by atoms with Gasteiger partial charge in [-0.05, 0) is 39.5 Å². The predicted molar refractivity (Wildman–Crippen MR) is 121 cm³/mol. The lowest BCUT2D eigenvalue weighted by molar-refractivity contribution is 0.502. The van der Waals surface area contributed by atoms with Gasteiger partial charge in [0.1, 0.15) is 0 Å². The van der Waals surface area contributed by atoms with E-state index in [1.54, 1.807) is 11.6 Å². The highest BCUT2D eigenvalue weighted by atomic mass is 14.2. The molecule has 0 aromatic heterocycles. The molecule has 148 valence electrons. The molecule has 0 heterocycles. The topological polar surface area (TPSA) is 0 Å². The first-order chi connectivity index (χ1) is 9.74. The van der Waals surface area contributed by atoms with Gasteiger partial charge in [0, 0.05) is 0 Å². The van der Waals surface area contributed by atoms with Crippen molar-refractivity contribution in [3.63, 3.8) is 0 Å². The van der Waals surface area contributed by atoms with E-state index in [-0.39, 0.29) is 22.3 Å². The zero-order valence-electron chi connectivity index (χ0n) is 16.2. The smallest absolute Gasteiger partial charge is 0.0321 e. The van der Waals surface area contributed by atoms with E-state index in [2.05, 4.69) is 26.5 Å². The maximum absolute atomic E-state index is 3.36. The second kappa shape index (κ2) is 49.6. The van der Waals surface area contributed by atoms with Gasteiger partial charge in [-0.2, -0.15) is 0 Å². The molecule has 0 aromatic carbocycles. The van der Waals surface area contributed by atoms with Gasteiger partial charge in [0.25, 0.3) is 0 Å². The van der Waals surface area contributed by atoms with Crippen LogP contribution in [-0.4, -0.2) is 0 Å². The summed E-state index contributed by atoms with van der Waals surface area (Å²) < 4.78 is 0. The van der Waals surface area contributed by atoms with Gasteiger partial charge in [-0.15, -0.1) is 6.58 Å². The standard InChI is InChI=1S/C11H20.C3H6.3C2H6.3CH4/c1-3-10(2)8-9-11-6-4-5-7-11;1-3-2;3*1-2;;;/h3,11H,4-9H2,1-2H3;3H,1H2,2H3;3*1-2H3;3*1H4/b10-3+;;;;;;;. The molecule has 23 heavy (non-hydrogen) atoms. The molecule has 0 aliphatic heterocycles. The van der Waals surface area contributed by atoms with E-state index < -0.39 is 0 Å². The lowest BCUT2D eigenvalue weighted by atomic mass is 9.99. The molecule has 0 spiro atoms. The molecule has 0 heteroatoms. The highest BCUT2D eigenvalue weighted by molar-refractivity contribution is 4.95. The summed E-state index contributed by atoms with van der Waals surface area (Å²) in [5, 5.41) is 0. The summed E-state index contributed by atoms with van der Waals surface area (Å²) in [6.07, 6.45) is 12.7. The highest BCUT2D eigenvalue weighted by Gasteiger charge is 2.13. The fourth-order valence-electron chi connectivity index (χ4n) is 1.88. The van der Waals surface area contributed by atoms with Crippen molar-refractivity contribution in [2.75, 3.05) is 0 Å². The zero-order valence-corrected chi connectivity index (χ0v) is 16.2. The summed E-state index contributed by atoms with van der Waals surface area (Å²) in [6.45, 7) is 21.6. The SMILES string of the molecule is C.C.C.C/C=C(\C)CCC1CCCC1.C=CC.CC.CC.CC. The molecular formula is C23H56. The Labute approximate surface area is 153 Å². The maximum atomic E-state index is 3.36. The summed E-state index contributed by atoms with van der Waals surface area (Å²) >= 11 is 0. The molecule has 0 radical (unpaired) electrons. The average molecular weight is 333 g/mol. The van der Waals surface area contributed by atoms with Crippen LogP contribution in [0.1, 0.15) is 123 Å². The van der Waals surface area contributed by atoms with Crippen LogP contribution in [0.3, 0.4) is 0 Å². The average Bonchev–Trinajstić information content (AvgIpc) is 3.05. The Hall–Kier alpha value is -0.520. The monoisotopic (exact) mass is 332 g/mol. The minimum absolute atomic E-state index is 0. The lowest BCUT2D eigenvalue weighted by Gasteiger charge is -2.07. The normalized spacial score (nSPS) is 11.4. The van der Waals surface area contributed by atoms with Gasteiger partial charge in [0.2, 0.25) is 0 Å². The third-order valence-electron chi connectivity index (χ3n) is 2.91. The number of rotatable bonds is 3. The second-order valence-corrected chi connectivity index (χ2v) is 4.23. The van der Waals surface area contributed by atoms with Gasteiger partial charge in [0.05, 0.1) is 0 Å². The van der Waals surface area contributed by atoms with Gasteiger partial charge in [-0.25, -0.2) is 0 Å². The third kappa shape index (κ3) is 44.9. The predicted octanol–water partition coefficient (Wildman–Crippen LogP) is 10.1. The Bertz CT molecular complexity index is 159. The van der Waals surface area contributed by atoms with Crippen LogP contribution in [0.2, 0.25) is 0 Å². The van der Waals surface area contributed by atoms with Gasteiger partial charge < -0.3 is 0 Å². The Balaban J connectivity index is -0.0000000371. The molecule has 0 N–H and O–H groups in total.